The minimum Gasteiger partial charge on any atom is -0.444 e. The summed E-state index contributed by atoms with van der Waals surface area (Å²) in [5.74, 6) is -0.380. The lowest BCUT2D eigenvalue weighted by Gasteiger charge is -2.24. The molecule has 0 radical (unpaired) electrons. The molecule has 0 aromatic heterocycles. The van der Waals surface area contributed by atoms with Crippen molar-refractivity contribution in [2.75, 3.05) is 17.3 Å². The van der Waals surface area contributed by atoms with Crippen molar-refractivity contribution in [3.05, 3.63) is 24.0 Å². The Hall–Kier alpha value is -1.78. The number of hydrogen-bond acceptors (Lipinski definition) is 3. The fourth-order valence-electron chi connectivity index (χ4n) is 1.57. The SMILES string of the molecule is CC(C)N(C)c1ccc(NC(=O)OC(C)(C)C)cc1F. The molecule has 0 fully saturated rings. The first-order chi connectivity index (χ1) is 9.10. The van der Waals surface area contributed by atoms with E-state index in [0.717, 1.165) is 0 Å². The van der Waals surface area contributed by atoms with E-state index >= 15 is 0 Å². The maximum absolute atomic E-state index is 14.0. The monoisotopic (exact) mass is 282 g/mol. The highest BCUT2D eigenvalue weighted by Crippen LogP contribution is 2.23. The zero-order valence-corrected chi connectivity index (χ0v) is 13.0. The molecule has 0 aliphatic heterocycles. The first kappa shape index (κ1) is 16.3. The van der Waals surface area contributed by atoms with E-state index in [1.54, 1.807) is 32.9 Å². The summed E-state index contributed by atoms with van der Waals surface area (Å²) < 4.78 is 19.1. The summed E-state index contributed by atoms with van der Waals surface area (Å²) in [5, 5.41) is 2.51. The number of carbonyl (C=O) groups is 1. The number of anilines is 2. The smallest absolute Gasteiger partial charge is 0.412 e. The Balaban J connectivity index is 2.80. The predicted molar refractivity (Wildman–Crippen MR) is 79.8 cm³/mol. The summed E-state index contributed by atoms with van der Waals surface area (Å²) in [5.41, 5.74) is 0.285. The summed E-state index contributed by atoms with van der Waals surface area (Å²) in [6.45, 7) is 9.27. The number of hydrogen-bond donors (Lipinski definition) is 1. The van der Waals surface area contributed by atoms with Crippen LogP contribution in [0, 0.1) is 5.82 Å². The fourth-order valence-corrected chi connectivity index (χ4v) is 1.57. The minimum atomic E-state index is -0.595. The third-order valence-corrected chi connectivity index (χ3v) is 2.75. The van der Waals surface area contributed by atoms with Gasteiger partial charge in [-0.3, -0.25) is 5.32 Å². The molecular formula is C15H23FN2O2. The zero-order valence-electron chi connectivity index (χ0n) is 13.0. The van der Waals surface area contributed by atoms with E-state index in [1.165, 1.54) is 6.07 Å². The lowest BCUT2D eigenvalue weighted by molar-refractivity contribution is 0.0636. The highest BCUT2D eigenvalue weighted by molar-refractivity contribution is 5.85. The molecule has 0 saturated carbocycles. The molecule has 0 atom stereocenters. The standard InChI is InChI=1S/C15H23FN2O2/c1-10(2)18(6)13-8-7-11(9-12(13)16)17-14(19)20-15(3,4)5/h7-10H,1-6H3,(H,17,19). The summed E-state index contributed by atoms with van der Waals surface area (Å²) in [7, 11) is 1.82. The van der Waals surface area contributed by atoms with Crippen molar-refractivity contribution in [1.29, 1.82) is 0 Å². The molecule has 1 amide bonds. The Labute approximate surface area is 119 Å². The van der Waals surface area contributed by atoms with Gasteiger partial charge in [0, 0.05) is 18.8 Å². The average molecular weight is 282 g/mol. The van der Waals surface area contributed by atoms with Crippen LogP contribution in [-0.4, -0.2) is 24.8 Å². The molecule has 0 spiro atoms. The van der Waals surface area contributed by atoms with Crippen LogP contribution in [0.1, 0.15) is 34.6 Å². The second kappa shape index (κ2) is 6.11. The molecule has 1 aromatic rings. The van der Waals surface area contributed by atoms with Crippen LogP contribution >= 0.6 is 0 Å². The van der Waals surface area contributed by atoms with E-state index in [1.807, 2.05) is 25.8 Å². The van der Waals surface area contributed by atoms with Crippen LogP contribution in [0.2, 0.25) is 0 Å². The fraction of sp³-hybridized carbons (Fsp3) is 0.533. The lowest BCUT2D eigenvalue weighted by atomic mass is 10.2. The molecule has 1 N–H and O–H groups in total. The molecule has 112 valence electrons. The van der Waals surface area contributed by atoms with Gasteiger partial charge >= 0.3 is 6.09 Å². The van der Waals surface area contributed by atoms with Gasteiger partial charge in [-0.1, -0.05) is 0 Å². The topological polar surface area (TPSA) is 41.6 Å². The van der Waals surface area contributed by atoms with Gasteiger partial charge in [-0.2, -0.15) is 0 Å². The molecule has 0 heterocycles. The van der Waals surface area contributed by atoms with E-state index < -0.39 is 11.7 Å². The third kappa shape index (κ3) is 4.72. The summed E-state index contributed by atoms with van der Waals surface area (Å²) in [6, 6.07) is 4.77. The largest absolute Gasteiger partial charge is 0.444 e. The van der Waals surface area contributed by atoms with E-state index in [2.05, 4.69) is 5.32 Å². The molecule has 5 heteroatoms. The second-order valence-corrected chi connectivity index (χ2v) is 6.00. The van der Waals surface area contributed by atoms with E-state index in [9.17, 15) is 9.18 Å². The number of nitrogens with one attached hydrogen (secondary N) is 1. The van der Waals surface area contributed by atoms with Crippen LogP contribution in [-0.2, 0) is 4.74 Å². The molecule has 0 aliphatic rings. The lowest BCUT2D eigenvalue weighted by Crippen LogP contribution is -2.28. The van der Waals surface area contributed by atoms with Gasteiger partial charge in [-0.05, 0) is 52.8 Å². The normalized spacial score (nSPS) is 11.4. The van der Waals surface area contributed by atoms with Crippen molar-refractivity contribution in [3.8, 4) is 0 Å². The number of nitrogens with zero attached hydrogens (tertiary/aromatic N) is 1. The summed E-state index contributed by atoms with van der Waals surface area (Å²) in [4.78, 5) is 13.4. The van der Waals surface area contributed by atoms with Crippen LogP contribution < -0.4 is 10.2 Å². The van der Waals surface area contributed by atoms with Crippen LogP contribution in [0.3, 0.4) is 0 Å². The number of carbonyl (C=O) groups excluding carboxylic acids is 1. The molecule has 1 aromatic carbocycles. The van der Waals surface area contributed by atoms with Crippen molar-refractivity contribution in [2.24, 2.45) is 0 Å². The van der Waals surface area contributed by atoms with Gasteiger partial charge in [0.1, 0.15) is 11.4 Å². The predicted octanol–water partition coefficient (Wildman–Crippen LogP) is 4.02. The average Bonchev–Trinajstić information content (AvgIpc) is 2.25. The summed E-state index contributed by atoms with van der Waals surface area (Å²) in [6.07, 6.45) is -0.595. The molecule has 0 bridgehead atoms. The second-order valence-electron chi connectivity index (χ2n) is 6.00. The van der Waals surface area contributed by atoms with Gasteiger partial charge in [0.25, 0.3) is 0 Å². The molecule has 4 nitrogen and oxygen atoms in total. The Morgan fingerprint density at radius 3 is 2.40 bits per heavy atom. The highest BCUT2D eigenvalue weighted by atomic mass is 19.1. The number of halogens is 1. The highest BCUT2D eigenvalue weighted by Gasteiger charge is 2.17. The quantitative estimate of drug-likeness (QED) is 0.910. The van der Waals surface area contributed by atoms with Crippen molar-refractivity contribution in [2.45, 2.75) is 46.3 Å². The first-order valence-electron chi connectivity index (χ1n) is 6.62. The number of benzene rings is 1. The van der Waals surface area contributed by atoms with Gasteiger partial charge in [0.15, 0.2) is 0 Å². The Bertz CT molecular complexity index is 481. The minimum absolute atomic E-state index is 0.189. The number of amides is 1. The summed E-state index contributed by atoms with van der Waals surface area (Å²) >= 11 is 0. The van der Waals surface area contributed by atoms with Crippen LogP contribution in [0.5, 0.6) is 0 Å². The maximum atomic E-state index is 14.0. The van der Waals surface area contributed by atoms with Gasteiger partial charge in [-0.15, -0.1) is 0 Å². The molecule has 20 heavy (non-hydrogen) atoms. The first-order valence-corrected chi connectivity index (χ1v) is 6.62. The van der Waals surface area contributed by atoms with Gasteiger partial charge in [0.05, 0.1) is 5.69 Å². The number of rotatable bonds is 3. The Morgan fingerprint density at radius 1 is 1.35 bits per heavy atom. The van der Waals surface area contributed by atoms with Crippen LogP contribution in [0.25, 0.3) is 0 Å². The molecule has 0 unspecified atom stereocenters. The zero-order chi connectivity index (χ0) is 15.5. The van der Waals surface area contributed by atoms with Crippen molar-refractivity contribution < 1.29 is 13.9 Å². The van der Waals surface area contributed by atoms with Crippen molar-refractivity contribution in [3.63, 3.8) is 0 Å². The molecule has 1 rings (SSSR count). The van der Waals surface area contributed by atoms with Gasteiger partial charge in [0.2, 0.25) is 0 Å². The van der Waals surface area contributed by atoms with E-state index in [4.69, 9.17) is 4.74 Å². The van der Waals surface area contributed by atoms with Crippen LogP contribution in [0.15, 0.2) is 18.2 Å². The Kier molecular flexibility index (Phi) is 4.98. The van der Waals surface area contributed by atoms with E-state index in [-0.39, 0.29) is 11.9 Å². The maximum Gasteiger partial charge on any atom is 0.412 e. The van der Waals surface area contributed by atoms with Gasteiger partial charge in [-0.25, -0.2) is 9.18 Å². The molecule has 0 aliphatic carbocycles. The molecular weight excluding hydrogens is 259 g/mol. The van der Waals surface area contributed by atoms with Crippen molar-refractivity contribution >= 4 is 17.5 Å². The van der Waals surface area contributed by atoms with E-state index in [0.29, 0.717) is 11.4 Å². The third-order valence-electron chi connectivity index (χ3n) is 2.75. The molecule has 0 saturated heterocycles. The number of ether oxygens (including phenoxy) is 1. The van der Waals surface area contributed by atoms with Crippen LogP contribution in [0.4, 0.5) is 20.6 Å². The van der Waals surface area contributed by atoms with Crippen molar-refractivity contribution in [1.82, 2.24) is 0 Å². The Morgan fingerprint density at radius 2 is 1.95 bits per heavy atom. The van der Waals surface area contributed by atoms with Gasteiger partial charge < -0.3 is 9.64 Å².